The smallest absolute Gasteiger partial charge is 0.0853 e. The molecule has 15 heavy (non-hydrogen) atoms. The van der Waals surface area contributed by atoms with Crippen LogP contribution in [0.3, 0.4) is 0 Å². The lowest BCUT2D eigenvalue weighted by molar-refractivity contribution is 0.277. The van der Waals surface area contributed by atoms with Gasteiger partial charge >= 0.3 is 0 Å². The molecule has 0 fully saturated rings. The van der Waals surface area contributed by atoms with Gasteiger partial charge in [0, 0.05) is 25.5 Å². The number of nitrogens with zero attached hydrogens (tertiary/aromatic N) is 2. The number of rotatable bonds is 6. The molecule has 0 aliphatic heterocycles. The van der Waals surface area contributed by atoms with E-state index in [1.165, 1.54) is 19.3 Å². The minimum atomic E-state index is 0.0106. The summed E-state index contributed by atoms with van der Waals surface area (Å²) in [6, 6.07) is 3.91. The fourth-order valence-corrected chi connectivity index (χ4v) is 1.52. The summed E-state index contributed by atoms with van der Waals surface area (Å²) in [4.78, 5) is 6.26. The number of aliphatic hydroxyl groups is 1. The molecule has 0 unspecified atom stereocenters. The van der Waals surface area contributed by atoms with E-state index in [-0.39, 0.29) is 6.61 Å². The molecule has 3 nitrogen and oxygen atoms in total. The van der Waals surface area contributed by atoms with Crippen molar-refractivity contribution in [2.45, 2.75) is 32.8 Å². The average Bonchev–Trinajstić information content (AvgIpc) is 2.29. The second-order valence-electron chi connectivity index (χ2n) is 3.79. The molecule has 0 amide bonds. The summed E-state index contributed by atoms with van der Waals surface area (Å²) in [7, 11) is 2.08. The molecular weight excluding hydrogens is 188 g/mol. The zero-order valence-electron chi connectivity index (χ0n) is 9.61. The van der Waals surface area contributed by atoms with Crippen LogP contribution in [0.2, 0.25) is 0 Å². The van der Waals surface area contributed by atoms with E-state index in [1.54, 1.807) is 6.20 Å². The fraction of sp³-hybridized carbons (Fsp3) is 0.583. The zero-order chi connectivity index (χ0) is 11.1. The van der Waals surface area contributed by atoms with Crippen molar-refractivity contribution in [1.29, 1.82) is 0 Å². The normalized spacial score (nSPS) is 10.3. The lowest BCUT2D eigenvalue weighted by atomic mass is 10.2. The van der Waals surface area contributed by atoms with E-state index in [2.05, 4.69) is 23.9 Å². The Morgan fingerprint density at radius 1 is 1.40 bits per heavy atom. The first kappa shape index (κ1) is 12.0. The number of pyridine rings is 1. The van der Waals surface area contributed by atoms with Crippen molar-refractivity contribution in [3.63, 3.8) is 0 Å². The van der Waals surface area contributed by atoms with Gasteiger partial charge in [0.25, 0.3) is 0 Å². The van der Waals surface area contributed by atoms with Gasteiger partial charge in [-0.1, -0.05) is 19.8 Å². The van der Waals surface area contributed by atoms with Crippen LogP contribution in [-0.4, -0.2) is 23.7 Å². The Bertz CT molecular complexity index is 289. The molecule has 0 radical (unpaired) electrons. The second-order valence-corrected chi connectivity index (χ2v) is 3.79. The number of aliphatic hydroxyl groups excluding tert-OH is 1. The molecule has 0 aliphatic rings. The number of aromatic nitrogens is 1. The SMILES string of the molecule is CCCCCN(C)c1ccnc(CO)c1. The maximum atomic E-state index is 8.98. The number of anilines is 1. The van der Waals surface area contributed by atoms with Gasteiger partial charge in [-0.2, -0.15) is 0 Å². The third-order valence-electron chi connectivity index (χ3n) is 2.50. The lowest BCUT2D eigenvalue weighted by Gasteiger charge is -2.19. The van der Waals surface area contributed by atoms with Crippen molar-refractivity contribution >= 4 is 5.69 Å². The van der Waals surface area contributed by atoms with E-state index in [1.807, 2.05) is 12.1 Å². The van der Waals surface area contributed by atoms with Crippen molar-refractivity contribution in [2.75, 3.05) is 18.5 Å². The Labute approximate surface area is 91.8 Å². The van der Waals surface area contributed by atoms with E-state index < -0.39 is 0 Å². The Balaban J connectivity index is 2.52. The van der Waals surface area contributed by atoms with Crippen molar-refractivity contribution < 1.29 is 5.11 Å². The molecule has 1 aromatic rings. The van der Waals surface area contributed by atoms with Gasteiger partial charge in [-0.15, -0.1) is 0 Å². The highest BCUT2D eigenvalue weighted by atomic mass is 16.3. The Morgan fingerprint density at radius 2 is 2.20 bits per heavy atom. The van der Waals surface area contributed by atoms with Crippen molar-refractivity contribution in [3.8, 4) is 0 Å². The summed E-state index contributed by atoms with van der Waals surface area (Å²) >= 11 is 0. The van der Waals surface area contributed by atoms with Crippen LogP contribution in [0.4, 0.5) is 5.69 Å². The molecule has 3 heteroatoms. The van der Waals surface area contributed by atoms with Crippen LogP contribution in [0.1, 0.15) is 31.9 Å². The summed E-state index contributed by atoms with van der Waals surface area (Å²) < 4.78 is 0. The van der Waals surface area contributed by atoms with Crippen LogP contribution in [0.15, 0.2) is 18.3 Å². The van der Waals surface area contributed by atoms with Gasteiger partial charge in [0.05, 0.1) is 12.3 Å². The van der Waals surface area contributed by atoms with Crippen LogP contribution in [0.5, 0.6) is 0 Å². The van der Waals surface area contributed by atoms with Gasteiger partial charge in [-0.05, 0) is 18.6 Å². The molecule has 1 rings (SSSR count). The first-order valence-electron chi connectivity index (χ1n) is 5.55. The standard InChI is InChI=1S/C12H20N2O/c1-3-4-5-8-14(2)12-6-7-13-11(9-12)10-15/h6-7,9,15H,3-5,8,10H2,1-2H3. The molecule has 0 spiro atoms. The predicted octanol–water partition coefficient (Wildman–Crippen LogP) is 2.20. The molecule has 84 valence electrons. The van der Waals surface area contributed by atoms with Gasteiger partial charge in [0.2, 0.25) is 0 Å². The summed E-state index contributed by atoms with van der Waals surface area (Å²) in [5.41, 5.74) is 1.86. The van der Waals surface area contributed by atoms with Crippen LogP contribution in [0.25, 0.3) is 0 Å². The van der Waals surface area contributed by atoms with Gasteiger partial charge in [-0.3, -0.25) is 4.98 Å². The fourth-order valence-electron chi connectivity index (χ4n) is 1.52. The van der Waals surface area contributed by atoms with Gasteiger partial charge < -0.3 is 10.0 Å². The van der Waals surface area contributed by atoms with Gasteiger partial charge in [0.15, 0.2) is 0 Å². The quantitative estimate of drug-likeness (QED) is 0.728. The molecule has 1 aromatic heterocycles. The number of hydrogen-bond acceptors (Lipinski definition) is 3. The molecular formula is C12H20N2O. The first-order valence-corrected chi connectivity index (χ1v) is 5.55. The van der Waals surface area contributed by atoms with Crippen molar-refractivity contribution in [3.05, 3.63) is 24.0 Å². The maximum absolute atomic E-state index is 8.98. The third kappa shape index (κ3) is 3.88. The minimum absolute atomic E-state index is 0.0106. The van der Waals surface area contributed by atoms with E-state index in [0.717, 1.165) is 17.9 Å². The van der Waals surface area contributed by atoms with E-state index >= 15 is 0 Å². The molecule has 0 atom stereocenters. The second kappa shape index (κ2) is 6.40. The summed E-state index contributed by atoms with van der Waals surface area (Å²) in [6.07, 6.45) is 5.47. The average molecular weight is 208 g/mol. The molecule has 0 aliphatic carbocycles. The first-order chi connectivity index (χ1) is 7.27. The van der Waals surface area contributed by atoms with Crippen LogP contribution in [0, 0.1) is 0 Å². The van der Waals surface area contributed by atoms with E-state index in [0.29, 0.717) is 0 Å². The van der Waals surface area contributed by atoms with Crippen molar-refractivity contribution in [2.24, 2.45) is 0 Å². The molecule has 0 saturated heterocycles. The lowest BCUT2D eigenvalue weighted by Crippen LogP contribution is -2.18. The topological polar surface area (TPSA) is 36.4 Å². The minimum Gasteiger partial charge on any atom is -0.390 e. The maximum Gasteiger partial charge on any atom is 0.0853 e. The summed E-state index contributed by atoms with van der Waals surface area (Å²) in [5, 5.41) is 8.98. The Kier molecular flexibility index (Phi) is 5.12. The predicted molar refractivity (Wildman–Crippen MR) is 63.0 cm³/mol. The van der Waals surface area contributed by atoms with E-state index in [4.69, 9.17) is 5.11 Å². The Morgan fingerprint density at radius 3 is 2.87 bits per heavy atom. The largest absolute Gasteiger partial charge is 0.390 e. The van der Waals surface area contributed by atoms with Gasteiger partial charge in [0.1, 0.15) is 0 Å². The number of unbranched alkanes of at least 4 members (excludes halogenated alkanes) is 2. The highest BCUT2D eigenvalue weighted by Crippen LogP contribution is 2.13. The zero-order valence-corrected chi connectivity index (χ0v) is 9.61. The molecule has 1 heterocycles. The highest BCUT2D eigenvalue weighted by molar-refractivity contribution is 5.45. The molecule has 1 N–H and O–H groups in total. The summed E-state index contributed by atoms with van der Waals surface area (Å²) in [6.45, 7) is 3.27. The molecule has 0 aromatic carbocycles. The van der Waals surface area contributed by atoms with Crippen LogP contribution >= 0.6 is 0 Å². The van der Waals surface area contributed by atoms with Crippen LogP contribution < -0.4 is 4.90 Å². The van der Waals surface area contributed by atoms with Gasteiger partial charge in [-0.25, -0.2) is 0 Å². The monoisotopic (exact) mass is 208 g/mol. The molecule has 0 bridgehead atoms. The number of hydrogen-bond donors (Lipinski definition) is 1. The van der Waals surface area contributed by atoms with Crippen molar-refractivity contribution in [1.82, 2.24) is 4.98 Å². The van der Waals surface area contributed by atoms with E-state index in [9.17, 15) is 0 Å². The Hall–Kier alpha value is -1.09. The van der Waals surface area contributed by atoms with Crippen LogP contribution in [-0.2, 0) is 6.61 Å². The third-order valence-corrected chi connectivity index (χ3v) is 2.50. The summed E-state index contributed by atoms with van der Waals surface area (Å²) in [5.74, 6) is 0. The molecule has 0 saturated carbocycles. The highest BCUT2D eigenvalue weighted by Gasteiger charge is 2.01.